The first-order valence-corrected chi connectivity index (χ1v) is 13.1. The van der Waals surface area contributed by atoms with Gasteiger partial charge in [0.15, 0.2) is 0 Å². The third kappa shape index (κ3) is 4.77. The molecule has 0 atom stereocenters. The lowest BCUT2D eigenvalue weighted by Gasteiger charge is -2.37. The van der Waals surface area contributed by atoms with Gasteiger partial charge in [0, 0.05) is 29.9 Å². The van der Waals surface area contributed by atoms with Crippen molar-refractivity contribution in [1.82, 2.24) is 9.88 Å². The number of H-pyrrole nitrogens is 1. The first-order valence-electron chi connectivity index (χ1n) is 13.1. The minimum Gasteiger partial charge on any atom is -0.364 e. The van der Waals surface area contributed by atoms with E-state index in [1.807, 2.05) is 6.20 Å². The second kappa shape index (κ2) is 10.3. The SMILES string of the molecule is CCc1ccc(C(c2ccc(CC)cc2)C2CCN(Cc3c[nH]c4c3C(F)=CCC4)CC2)cc1. The topological polar surface area (TPSA) is 19.0 Å². The molecule has 3 heteroatoms. The maximum atomic E-state index is 14.5. The van der Waals surface area contributed by atoms with Crippen LogP contribution in [0.5, 0.6) is 0 Å². The van der Waals surface area contributed by atoms with Crippen molar-refractivity contribution in [2.24, 2.45) is 5.92 Å². The normalized spacial score (nSPS) is 17.1. The molecule has 0 spiro atoms. The summed E-state index contributed by atoms with van der Waals surface area (Å²) in [6, 6.07) is 18.6. The Balaban J connectivity index is 1.32. The molecule has 0 radical (unpaired) electrons. The number of aryl methyl sites for hydroxylation is 3. The minimum atomic E-state index is -0.0431. The monoisotopic (exact) mass is 456 g/mol. The Morgan fingerprint density at radius 1 is 0.912 bits per heavy atom. The molecule has 0 unspecified atom stereocenters. The summed E-state index contributed by atoms with van der Waals surface area (Å²) in [4.78, 5) is 5.84. The fraction of sp³-hybridized carbons (Fsp3) is 0.419. The van der Waals surface area contributed by atoms with Gasteiger partial charge in [-0.25, -0.2) is 4.39 Å². The van der Waals surface area contributed by atoms with Gasteiger partial charge in [0.25, 0.3) is 0 Å². The number of rotatable bonds is 7. The predicted molar refractivity (Wildman–Crippen MR) is 140 cm³/mol. The van der Waals surface area contributed by atoms with Crippen LogP contribution in [0.25, 0.3) is 5.83 Å². The van der Waals surface area contributed by atoms with E-state index in [0.717, 1.165) is 62.1 Å². The van der Waals surface area contributed by atoms with Crippen molar-refractivity contribution in [2.45, 2.75) is 64.8 Å². The summed E-state index contributed by atoms with van der Waals surface area (Å²) in [5.74, 6) is 1.01. The molecule has 1 aliphatic carbocycles. The Bertz CT molecular complexity index is 1070. The molecule has 1 aliphatic heterocycles. The maximum absolute atomic E-state index is 14.5. The highest BCUT2D eigenvalue weighted by Crippen LogP contribution is 2.39. The van der Waals surface area contributed by atoms with Crippen LogP contribution in [0, 0.1) is 5.92 Å². The van der Waals surface area contributed by atoms with E-state index < -0.39 is 0 Å². The van der Waals surface area contributed by atoms with E-state index in [4.69, 9.17) is 0 Å². The number of piperidine rings is 1. The van der Waals surface area contributed by atoms with E-state index in [-0.39, 0.29) is 5.83 Å². The number of nitrogens with one attached hydrogen (secondary N) is 1. The van der Waals surface area contributed by atoms with E-state index in [0.29, 0.717) is 11.8 Å². The second-order valence-corrected chi connectivity index (χ2v) is 10.0. The van der Waals surface area contributed by atoms with Crippen molar-refractivity contribution in [3.8, 4) is 0 Å². The smallest absolute Gasteiger partial charge is 0.128 e. The molecule has 2 heterocycles. The highest BCUT2D eigenvalue weighted by molar-refractivity contribution is 5.66. The van der Waals surface area contributed by atoms with Gasteiger partial charge in [-0.3, -0.25) is 4.90 Å². The van der Waals surface area contributed by atoms with Crippen LogP contribution in [0.3, 0.4) is 0 Å². The quantitative estimate of drug-likeness (QED) is 0.391. The van der Waals surface area contributed by atoms with Crippen LogP contribution < -0.4 is 0 Å². The summed E-state index contributed by atoms with van der Waals surface area (Å²) in [7, 11) is 0. The fourth-order valence-corrected chi connectivity index (χ4v) is 5.92. The number of aromatic amines is 1. The summed E-state index contributed by atoms with van der Waals surface area (Å²) in [5.41, 5.74) is 8.68. The maximum Gasteiger partial charge on any atom is 0.128 e. The average Bonchev–Trinajstić information content (AvgIpc) is 3.30. The third-order valence-corrected chi connectivity index (χ3v) is 7.99. The summed E-state index contributed by atoms with van der Waals surface area (Å²) < 4.78 is 14.5. The fourth-order valence-electron chi connectivity index (χ4n) is 5.92. The molecule has 0 amide bonds. The number of aromatic nitrogens is 1. The number of benzene rings is 2. The van der Waals surface area contributed by atoms with E-state index in [9.17, 15) is 4.39 Å². The van der Waals surface area contributed by atoms with Gasteiger partial charge in [0.1, 0.15) is 5.83 Å². The average molecular weight is 457 g/mol. The van der Waals surface area contributed by atoms with Crippen molar-refractivity contribution >= 4 is 5.83 Å². The van der Waals surface area contributed by atoms with Crippen LogP contribution in [0.2, 0.25) is 0 Å². The zero-order valence-corrected chi connectivity index (χ0v) is 20.6. The van der Waals surface area contributed by atoms with Gasteiger partial charge in [-0.15, -0.1) is 0 Å². The Labute approximate surface area is 203 Å². The lowest BCUT2D eigenvalue weighted by atomic mass is 9.75. The van der Waals surface area contributed by atoms with E-state index in [1.54, 1.807) is 6.08 Å². The Morgan fingerprint density at radius 2 is 1.50 bits per heavy atom. The van der Waals surface area contributed by atoms with Gasteiger partial charge in [-0.1, -0.05) is 62.4 Å². The van der Waals surface area contributed by atoms with Gasteiger partial charge < -0.3 is 4.98 Å². The molecule has 1 fully saturated rings. The zero-order valence-electron chi connectivity index (χ0n) is 20.6. The molecular weight excluding hydrogens is 419 g/mol. The number of likely N-dealkylation sites (tertiary alicyclic amines) is 1. The molecule has 1 N–H and O–H groups in total. The van der Waals surface area contributed by atoms with Gasteiger partial charge in [-0.05, 0) is 91.4 Å². The van der Waals surface area contributed by atoms with Gasteiger partial charge in [0.2, 0.25) is 0 Å². The van der Waals surface area contributed by atoms with Crippen molar-refractivity contribution < 1.29 is 4.39 Å². The van der Waals surface area contributed by atoms with Crippen molar-refractivity contribution in [3.05, 3.63) is 99.9 Å². The van der Waals surface area contributed by atoms with Crippen molar-refractivity contribution in [2.75, 3.05) is 13.1 Å². The van der Waals surface area contributed by atoms with Crippen LogP contribution in [0.15, 0.2) is 60.8 Å². The zero-order chi connectivity index (χ0) is 23.5. The van der Waals surface area contributed by atoms with E-state index >= 15 is 0 Å². The van der Waals surface area contributed by atoms with Gasteiger partial charge in [0.05, 0.1) is 0 Å². The van der Waals surface area contributed by atoms with Crippen LogP contribution in [-0.2, 0) is 25.8 Å². The van der Waals surface area contributed by atoms with Crippen LogP contribution >= 0.6 is 0 Å². The molecule has 2 aromatic carbocycles. The molecule has 0 saturated carbocycles. The number of hydrogen-bond acceptors (Lipinski definition) is 1. The van der Waals surface area contributed by atoms with Crippen LogP contribution in [-0.4, -0.2) is 23.0 Å². The van der Waals surface area contributed by atoms with E-state index in [2.05, 4.69) is 72.3 Å². The predicted octanol–water partition coefficient (Wildman–Crippen LogP) is 7.44. The largest absolute Gasteiger partial charge is 0.364 e. The number of halogens is 1. The standard InChI is InChI=1S/C31H37FN2/c1-3-22-8-12-24(13-9-22)30(25-14-10-23(4-2)11-15-25)26-16-18-34(19-17-26)21-27-20-33-29-7-5-6-28(32)31(27)29/h6,8-15,20,26,30,33H,3-5,7,16-19,21H2,1-2H3. The Kier molecular flexibility index (Phi) is 7.01. The molecule has 2 aliphatic rings. The lowest BCUT2D eigenvalue weighted by Crippen LogP contribution is -2.35. The molecule has 178 valence electrons. The first kappa shape index (κ1) is 23.1. The summed E-state index contributed by atoms with van der Waals surface area (Å²) in [5, 5.41) is 0. The number of fused-ring (bicyclic) bond motifs is 1. The summed E-state index contributed by atoms with van der Waals surface area (Å²) in [6.45, 7) is 7.39. The van der Waals surface area contributed by atoms with E-state index in [1.165, 1.54) is 35.1 Å². The number of allylic oxidation sites excluding steroid dienone is 1. The second-order valence-electron chi connectivity index (χ2n) is 10.0. The number of nitrogens with zero attached hydrogens (tertiary/aromatic N) is 1. The molecule has 3 aromatic rings. The molecule has 1 saturated heterocycles. The Hall–Kier alpha value is -2.65. The molecule has 0 bridgehead atoms. The van der Waals surface area contributed by atoms with Gasteiger partial charge in [-0.2, -0.15) is 0 Å². The molecule has 2 nitrogen and oxygen atoms in total. The molecule has 34 heavy (non-hydrogen) atoms. The molecular formula is C31H37FN2. The minimum absolute atomic E-state index is 0.0431. The highest BCUT2D eigenvalue weighted by atomic mass is 19.1. The lowest BCUT2D eigenvalue weighted by molar-refractivity contribution is 0.168. The van der Waals surface area contributed by atoms with Crippen molar-refractivity contribution in [3.63, 3.8) is 0 Å². The summed E-state index contributed by atoms with van der Waals surface area (Å²) in [6.07, 6.45) is 9.97. The summed E-state index contributed by atoms with van der Waals surface area (Å²) >= 11 is 0. The third-order valence-electron chi connectivity index (χ3n) is 7.99. The molecule has 5 rings (SSSR count). The first-order chi connectivity index (χ1) is 16.7. The van der Waals surface area contributed by atoms with Gasteiger partial charge >= 0.3 is 0 Å². The number of hydrogen-bond donors (Lipinski definition) is 1. The van der Waals surface area contributed by atoms with Crippen molar-refractivity contribution in [1.29, 1.82) is 0 Å². The highest BCUT2D eigenvalue weighted by Gasteiger charge is 2.30. The van der Waals surface area contributed by atoms with Crippen LogP contribution in [0.1, 0.15) is 78.1 Å². The van der Waals surface area contributed by atoms with Crippen LogP contribution in [0.4, 0.5) is 4.39 Å². The molecule has 1 aromatic heterocycles. The Morgan fingerprint density at radius 3 is 2.06 bits per heavy atom.